The highest BCUT2D eigenvalue weighted by atomic mass is 16.7. The molecule has 0 radical (unpaired) electrons. The molecule has 0 spiro atoms. The molecule has 35 heavy (non-hydrogen) atoms. The SMILES string of the molecule is CCCCCCCCCCCC(O)C(COC1OC(CO)C(O)C(O)C1O)NC(=O)CCCCC. The minimum atomic E-state index is -1.54. The summed E-state index contributed by atoms with van der Waals surface area (Å²) in [6, 6.07) is -0.703. The maximum atomic E-state index is 12.4. The summed E-state index contributed by atoms with van der Waals surface area (Å²) in [7, 11) is 0. The summed E-state index contributed by atoms with van der Waals surface area (Å²) in [6.45, 7) is 3.58. The van der Waals surface area contributed by atoms with Crippen molar-refractivity contribution in [2.75, 3.05) is 13.2 Å². The third-order valence-electron chi connectivity index (χ3n) is 6.71. The zero-order valence-electron chi connectivity index (χ0n) is 21.8. The molecule has 0 aromatic heterocycles. The largest absolute Gasteiger partial charge is 0.394 e. The third kappa shape index (κ3) is 12.8. The number of rotatable bonds is 20. The molecule has 208 valence electrons. The standard InChI is InChI=1S/C26H51NO8/c1-3-5-7-8-9-10-11-12-14-15-20(29)19(27-22(30)16-13-6-4-2)18-34-26-25(33)24(32)23(31)21(17-28)35-26/h19-21,23-26,28-29,31-33H,3-18H2,1-2H3,(H,27,30). The third-order valence-corrected chi connectivity index (χ3v) is 6.71. The van der Waals surface area contributed by atoms with Gasteiger partial charge in [-0.05, 0) is 12.8 Å². The molecule has 7 unspecified atom stereocenters. The molecule has 9 heteroatoms. The molecule has 9 nitrogen and oxygen atoms in total. The van der Waals surface area contributed by atoms with Crippen LogP contribution in [0.1, 0.15) is 104 Å². The quantitative estimate of drug-likeness (QED) is 0.138. The molecule has 1 fully saturated rings. The van der Waals surface area contributed by atoms with Gasteiger partial charge >= 0.3 is 0 Å². The lowest BCUT2D eigenvalue weighted by Gasteiger charge is -2.40. The fourth-order valence-electron chi connectivity index (χ4n) is 4.33. The summed E-state index contributed by atoms with van der Waals surface area (Å²) in [5.74, 6) is -0.174. The van der Waals surface area contributed by atoms with Crippen molar-refractivity contribution in [3.05, 3.63) is 0 Å². The summed E-state index contributed by atoms with van der Waals surface area (Å²) < 4.78 is 11.0. The van der Waals surface area contributed by atoms with Crippen molar-refractivity contribution >= 4 is 5.91 Å². The first-order chi connectivity index (χ1) is 16.8. The van der Waals surface area contributed by atoms with Crippen LogP contribution in [0.4, 0.5) is 0 Å². The number of nitrogens with one attached hydrogen (secondary N) is 1. The topological polar surface area (TPSA) is 149 Å². The van der Waals surface area contributed by atoms with Gasteiger partial charge in [-0.25, -0.2) is 0 Å². The van der Waals surface area contributed by atoms with Crippen LogP contribution >= 0.6 is 0 Å². The van der Waals surface area contributed by atoms with Crippen molar-refractivity contribution in [3.8, 4) is 0 Å². The molecular formula is C26H51NO8. The smallest absolute Gasteiger partial charge is 0.220 e. The minimum Gasteiger partial charge on any atom is -0.394 e. The van der Waals surface area contributed by atoms with E-state index in [1.165, 1.54) is 38.5 Å². The van der Waals surface area contributed by atoms with E-state index in [2.05, 4.69) is 19.2 Å². The molecule has 0 bridgehead atoms. The van der Waals surface area contributed by atoms with Gasteiger partial charge < -0.3 is 40.3 Å². The molecule has 1 heterocycles. The molecule has 1 amide bonds. The zero-order valence-corrected chi connectivity index (χ0v) is 21.8. The summed E-state index contributed by atoms with van der Waals surface area (Å²) in [4.78, 5) is 12.4. The van der Waals surface area contributed by atoms with Gasteiger partial charge in [0, 0.05) is 6.42 Å². The van der Waals surface area contributed by atoms with Gasteiger partial charge in [0.25, 0.3) is 0 Å². The van der Waals surface area contributed by atoms with Crippen LogP contribution < -0.4 is 5.32 Å². The second-order valence-electron chi connectivity index (χ2n) is 9.85. The molecule has 0 saturated carbocycles. The van der Waals surface area contributed by atoms with Crippen LogP contribution in [0.3, 0.4) is 0 Å². The Morgan fingerprint density at radius 2 is 1.43 bits per heavy atom. The van der Waals surface area contributed by atoms with E-state index in [0.717, 1.165) is 38.5 Å². The Balaban J connectivity index is 2.54. The Bertz CT molecular complexity index is 535. The van der Waals surface area contributed by atoms with Gasteiger partial charge in [-0.2, -0.15) is 0 Å². The van der Waals surface area contributed by atoms with E-state index < -0.39 is 49.5 Å². The number of ether oxygens (including phenoxy) is 2. The zero-order chi connectivity index (χ0) is 26.1. The van der Waals surface area contributed by atoms with E-state index in [1.54, 1.807) is 0 Å². The van der Waals surface area contributed by atoms with Gasteiger partial charge in [0.2, 0.25) is 5.91 Å². The normalized spacial score (nSPS) is 26.4. The molecule has 1 saturated heterocycles. The maximum Gasteiger partial charge on any atom is 0.220 e. The lowest BCUT2D eigenvalue weighted by molar-refractivity contribution is -0.302. The lowest BCUT2D eigenvalue weighted by Crippen LogP contribution is -2.60. The number of carbonyl (C=O) groups is 1. The summed E-state index contributed by atoms with van der Waals surface area (Å²) in [5.41, 5.74) is 0. The molecule has 1 aliphatic heterocycles. The first-order valence-electron chi connectivity index (χ1n) is 13.7. The van der Waals surface area contributed by atoms with Crippen molar-refractivity contribution in [1.29, 1.82) is 0 Å². The summed E-state index contributed by atoms with van der Waals surface area (Å²) in [6.07, 6.45) is 6.32. The summed E-state index contributed by atoms with van der Waals surface area (Å²) in [5, 5.41) is 53.1. The number of carbonyl (C=O) groups excluding carboxylic acids is 1. The van der Waals surface area contributed by atoms with Crippen molar-refractivity contribution in [1.82, 2.24) is 5.32 Å². The molecule has 1 aliphatic rings. The number of aliphatic hydroxyl groups excluding tert-OH is 5. The van der Waals surface area contributed by atoms with Crippen molar-refractivity contribution in [2.24, 2.45) is 0 Å². The first-order valence-corrected chi connectivity index (χ1v) is 13.7. The Kier molecular flexibility index (Phi) is 17.8. The highest BCUT2D eigenvalue weighted by Gasteiger charge is 2.44. The fraction of sp³-hybridized carbons (Fsp3) is 0.962. The number of amides is 1. The molecule has 1 rings (SSSR count). The molecular weight excluding hydrogens is 454 g/mol. The number of hydrogen-bond donors (Lipinski definition) is 6. The van der Waals surface area contributed by atoms with Gasteiger partial charge in [-0.3, -0.25) is 4.79 Å². The Labute approximate surface area is 211 Å². The fourth-order valence-corrected chi connectivity index (χ4v) is 4.33. The van der Waals surface area contributed by atoms with Crippen molar-refractivity contribution in [2.45, 2.75) is 147 Å². The van der Waals surface area contributed by atoms with Crippen LogP contribution in [0.2, 0.25) is 0 Å². The minimum absolute atomic E-state index is 0.138. The molecule has 0 aliphatic carbocycles. The molecule has 0 aromatic carbocycles. The second kappa shape index (κ2) is 19.3. The van der Waals surface area contributed by atoms with Crippen LogP contribution in [0.15, 0.2) is 0 Å². The first kappa shape index (κ1) is 32.2. The van der Waals surface area contributed by atoms with E-state index in [9.17, 15) is 30.3 Å². The number of aliphatic hydroxyl groups is 5. The van der Waals surface area contributed by atoms with Crippen LogP contribution in [0.25, 0.3) is 0 Å². The van der Waals surface area contributed by atoms with Gasteiger partial charge in [0.15, 0.2) is 6.29 Å². The Hall–Kier alpha value is -0.810. The Morgan fingerprint density at radius 1 is 0.857 bits per heavy atom. The predicted octanol–water partition coefficient (Wildman–Crippen LogP) is 2.15. The van der Waals surface area contributed by atoms with E-state index in [1.807, 2.05) is 0 Å². The molecule has 7 atom stereocenters. The lowest BCUT2D eigenvalue weighted by atomic mass is 9.99. The van der Waals surface area contributed by atoms with E-state index in [0.29, 0.717) is 12.8 Å². The van der Waals surface area contributed by atoms with Crippen LogP contribution in [0, 0.1) is 0 Å². The second-order valence-corrected chi connectivity index (χ2v) is 9.85. The number of hydrogen-bond acceptors (Lipinski definition) is 8. The number of unbranched alkanes of at least 4 members (excludes halogenated alkanes) is 10. The highest BCUT2D eigenvalue weighted by molar-refractivity contribution is 5.76. The van der Waals surface area contributed by atoms with Gasteiger partial charge in [0.1, 0.15) is 24.4 Å². The van der Waals surface area contributed by atoms with Crippen molar-refractivity contribution in [3.63, 3.8) is 0 Å². The van der Waals surface area contributed by atoms with Gasteiger partial charge in [0.05, 0.1) is 25.4 Å². The maximum absolute atomic E-state index is 12.4. The predicted molar refractivity (Wildman–Crippen MR) is 134 cm³/mol. The summed E-state index contributed by atoms with van der Waals surface area (Å²) >= 11 is 0. The highest BCUT2D eigenvalue weighted by Crippen LogP contribution is 2.22. The van der Waals surface area contributed by atoms with E-state index in [-0.39, 0.29) is 12.5 Å². The van der Waals surface area contributed by atoms with E-state index in [4.69, 9.17) is 9.47 Å². The van der Waals surface area contributed by atoms with Crippen molar-refractivity contribution < 1.29 is 39.8 Å². The van der Waals surface area contributed by atoms with E-state index >= 15 is 0 Å². The van der Waals surface area contributed by atoms with Gasteiger partial charge in [-0.1, -0.05) is 84.5 Å². The van der Waals surface area contributed by atoms with Gasteiger partial charge in [-0.15, -0.1) is 0 Å². The van der Waals surface area contributed by atoms with Crippen LogP contribution in [-0.2, 0) is 14.3 Å². The monoisotopic (exact) mass is 505 g/mol. The van der Waals surface area contributed by atoms with Crippen LogP contribution in [-0.4, -0.2) is 87.5 Å². The Morgan fingerprint density at radius 3 is 2.03 bits per heavy atom. The molecule has 0 aromatic rings. The average molecular weight is 506 g/mol. The average Bonchev–Trinajstić information content (AvgIpc) is 2.85. The molecule has 6 N–H and O–H groups in total. The van der Waals surface area contributed by atoms with Crippen LogP contribution in [0.5, 0.6) is 0 Å².